The van der Waals surface area contributed by atoms with E-state index in [1.807, 2.05) is 6.07 Å². The number of imide groups is 1. The van der Waals surface area contributed by atoms with Gasteiger partial charge in [0.05, 0.1) is 0 Å². The minimum atomic E-state index is -0.945. The third kappa shape index (κ3) is 4.15. The van der Waals surface area contributed by atoms with E-state index in [0.717, 1.165) is 16.9 Å². The fourth-order valence-corrected chi connectivity index (χ4v) is 3.09. The molecule has 0 aliphatic carbocycles. The van der Waals surface area contributed by atoms with E-state index in [1.54, 1.807) is 19.1 Å². The number of urea groups is 1. The maximum absolute atomic E-state index is 12.6. The maximum Gasteiger partial charge on any atom is 0.325 e. The molecule has 0 radical (unpaired) electrons. The van der Waals surface area contributed by atoms with Gasteiger partial charge in [-0.2, -0.15) is 0 Å². The molecule has 1 saturated heterocycles. The molecule has 1 aromatic rings. The van der Waals surface area contributed by atoms with Crippen molar-refractivity contribution in [1.82, 2.24) is 15.5 Å². The lowest BCUT2D eigenvalue weighted by Gasteiger charge is -2.22. The van der Waals surface area contributed by atoms with Crippen LogP contribution in [0.3, 0.4) is 0 Å². The second-order valence-corrected chi connectivity index (χ2v) is 7.55. The van der Waals surface area contributed by atoms with Gasteiger partial charge in [-0.05, 0) is 43.4 Å². The highest BCUT2D eigenvalue weighted by Crippen LogP contribution is 2.32. The van der Waals surface area contributed by atoms with Crippen molar-refractivity contribution in [3.05, 3.63) is 23.8 Å². The number of hydrogen-bond acceptors (Lipinski definition) is 5. The van der Waals surface area contributed by atoms with Crippen LogP contribution in [0.1, 0.15) is 39.2 Å². The number of rotatable bonds is 7. The Labute approximate surface area is 158 Å². The molecule has 2 aliphatic heterocycles. The number of nitrogens with zero attached hydrogens (tertiary/aromatic N) is 1. The zero-order valence-electron chi connectivity index (χ0n) is 15.8. The van der Waals surface area contributed by atoms with Crippen molar-refractivity contribution in [2.45, 2.75) is 45.7 Å². The lowest BCUT2D eigenvalue weighted by Crippen LogP contribution is -2.45. The van der Waals surface area contributed by atoms with Crippen molar-refractivity contribution in [1.29, 1.82) is 0 Å². The SMILES string of the molecule is CC(C)CCC1(C)NC(=O)N(CC(=O)NCc2ccc3c(c2)OCO3)C1=O. The summed E-state index contributed by atoms with van der Waals surface area (Å²) in [7, 11) is 0. The van der Waals surface area contributed by atoms with Gasteiger partial charge >= 0.3 is 6.03 Å². The van der Waals surface area contributed by atoms with Crippen molar-refractivity contribution in [3.8, 4) is 11.5 Å². The van der Waals surface area contributed by atoms with Crippen LogP contribution in [0.2, 0.25) is 0 Å². The van der Waals surface area contributed by atoms with Crippen molar-refractivity contribution < 1.29 is 23.9 Å². The van der Waals surface area contributed by atoms with E-state index in [2.05, 4.69) is 24.5 Å². The molecule has 0 aromatic heterocycles. The lowest BCUT2D eigenvalue weighted by atomic mass is 9.92. The van der Waals surface area contributed by atoms with Crippen molar-refractivity contribution in [2.24, 2.45) is 5.92 Å². The number of benzene rings is 1. The van der Waals surface area contributed by atoms with E-state index in [4.69, 9.17) is 9.47 Å². The summed E-state index contributed by atoms with van der Waals surface area (Å²) in [6, 6.07) is 4.87. The van der Waals surface area contributed by atoms with Crippen LogP contribution in [0, 0.1) is 5.92 Å². The number of fused-ring (bicyclic) bond motifs is 1. The molecular formula is C19H25N3O5. The fraction of sp³-hybridized carbons (Fsp3) is 0.526. The van der Waals surface area contributed by atoms with E-state index in [1.165, 1.54) is 0 Å². The minimum absolute atomic E-state index is 0.187. The molecule has 1 aromatic carbocycles. The number of ether oxygens (including phenoxy) is 2. The Balaban J connectivity index is 1.54. The van der Waals surface area contributed by atoms with Crippen LogP contribution < -0.4 is 20.1 Å². The molecule has 2 heterocycles. The molecule has 0 spiro atoms. The number of carbonyl (C=O) groups excluding carboxylic acids is 3. The van der Waals surface area contributed by atoms with Gasteiger partial charge < -0.3 is 20.1 Å². The molecule has 0 saturated carbocycles. The van der Waals surface area contributed by atoms with Gasteiger partial charge in [0.25, 0.3) is 5.91 Å². The monoisotopic (exact) mass is 375 g/mol. The van der Waals surface area contributed by atoms with Gasteiger partial charge in [-0.1, -0.05) is 19.9 Å². The smallest absolute Gasteiger partial charge is 0.325 e. The minimum Gasteiger partial charge on any atom is -0.454 e. The molecule has 8 heteroatoms. The molecule has 1 atom stereocenters. The zero-order chi connectivity index (χ0) is 19.6. The summed E-state index contributed by atoms with van der Waals surface area (Å²) in [6.45, 7) is 5.99. The van der Waals surface area contributed by atoms with Crippen LogP contribution in [-0.4, -0.2) is 41.6 Å². The third-order valence-corrected chi connectivity index (χ3v) is 4.80. The first-order valence-electron chi connectivity index (χ1n) is 9.08. The van der Waals surface area contributed by atoms with Crippen molar-refractivity contribution in [3.63, 3.8) is 0 Å². The quantitative estimate of drug-likeness (QED) is 0.708. The Hall–Kier alpha value is -2.77. The average molecular weight is 375 g/mol. The van der Waals surface area contributed by atoms with Crippen molar-refractivity contribution >= 4 is 17.8 Å². The first kappa shape index (κ1) is 19.0. The normalized spacial score (nSPS) is 21.0. The number of nitrogens with one attached hydrogen (secondary N) is 2. The molecule has 4 amide bonds. The Kier molecular flexibility index (Phi) is 5.25. The second-order valence-electron chi connectivity index (χ2n) is 7.55. The summed E-state index contributed by atoms with van der Waals surface area (Å²) in [5, 5.41) is 5.45. The van der Waals surface area contributed by atoms with Crippen LogP contribution in [0.5, 0.6) is 11.5 Å². The summed E-state index contributed by atoms with van der Waals surface area (Å²) in [5.41, 5.74) is -0.106. The van der Waals surface area contributed by atoms with Gasteiger partial charge in [0.15, 0.2) is 11.5 Å². The van der Waals surface area contributed by atoms with Gasteiger partial charge in [0, 0.05) is 6.54 Å². The standard InChI is InChI=1S/C19H25N3O5/c1-12(2)6-7-19(3)17(24)22(18(25)21-19)10-16(23)20-9-13-4-5-14-15(8-13)27-11-26-14/h4-5,8,12H,6-7,9-11H2,1-3H3,(H,20,23)(H,21,25). The molecule has 27 heavy (non-hydrogen) atoms. The van der Waals surface area contributed by atoms with Gasteiger partial charge in [0.1, 0.15) is 12.1 Å². The van der Waals surface area contributed by atoms with Gasteiger partial charge in [-0.25, -0.2) is 4.79 Å². The summed E-state index contributed by atoms with van der Waals surface area (Å²) in [5.74, 6) is 0.975. The summed E-state index contributed by atoms with van der Waals surface area (Å²) in [6.07, 6.45) is 1.36. The molecule has 8 nitrogen and oxygen atoms in total. The van der Waals surface area contributed by atoms with Crippen molar-refractivity contribution in [2.75, 3.05) is 13.3 Å². The van der Waals surface area contributed by atoms with Crippen LogP contribution in [0.4, 0.5) is 4.79 Å². The first-order chi connectivity index (χ1) is 12.8. The van der Waals surface area contributed by atoms with Gasteiger partial charge in [-0.3, -0.25) is 14.5 Å². The highest BCUT2D eigenvalue weighted by molar-refractivity contribution is 6.08. The zero-order valence-corrected chi connectivity index (χ0v) is 15.8. The Morgan fingerprint density at radius 2 is 2.04 bits per heavy atom. The first-order valence-corrected chi connectivity index (χ1v) is 9.08. The number of amides is 4. The molecule has 3 rings (SSSR count). The fourth-order valence-electron chi connectivity index (χ4n) is 3.09. The van der Waals surface area contributed by atoms with E-state index in [-0.39, 0.29) is 25.8 Å². The van der Waals surface area contributed by atoms with E-state index < -0.39 is 17.5 Å². The molecule has 2 aliphatic rings. The average Bonchev–Trinajstić information content (AvgIpc) is 3.16. The third-order valence-electron chi connectivity index (χ3n) is 4.80. The van der Waals surface area contributed by atoms with Gasteiger partial charge in [0.2, 0.25) is 12.7 Å². The maximum atomic E-state index is 12.6. The number of carbonyl (C=O) groups is 3. The topological polar surface area (TPSA) is 97.0 Å². The molecule has 146 valence electrons. The number of hydrogen-bond donors (Lipinski definition) is 2. The van der Waals surface area contributed by atoms with Crippen LogP contribution in [0.15, 0.2) is 18.2 Å². The molecule has 1 unspecified atom stereocenters. The summed E-state index contributed by atoms with van der Waals surface area (Å²) in [4.78, 5) is 38.0. The van der Waals surface area contributed by atoms with E-state index in [0.29, 0.717) is 23.8 Å². The molecular weight excluding hydrogens is 350 g/mol. The highest BCUT2D eigenvalue weighted by Gasteiger charge is 2.47. The van der Waals surface area contributed by atoms with Crippen LogP contribution in [0.25, 0.3) is 0 Å². The predicted octanol–water partition coefficient (Wildman–Crippen LogP) is 1.78. The lowest BCUT2D eigenvalue weighted by molar-refractivity contribution is -0.134. The summed E-state index contributed by atoms with van der Waals surface area (Å²) >= 11 is 0. The van der Waals surface area contributed by atoms with Crippen LogP contribution in [-0.2, 0) is 16.1 Å². The second kappa shape index (κ2) is 7.46. The summed E-state index contributed by atoms with van der Waals surface area (Å²) < 4.78 is 10.6. The highest BCUT2D eigenvalue weighted by atomic mass is 16.7. The Morgan fingerprint density at radius 3 is 2.78 bits per heavy atom. The van der Waals surface area contributed by atoms with Crippen LogP contribution >= 0.6 is 0 Å². The van der Waals surface area contributed by atoms with E-state index >= 15 is 0 Å². The molecule has 0 bridgehead atoms. The Bertz CT molecular complexity index is 764. The largest absolute Gasteiger partial charge is 0.454 e. The molecule has 1 fully saturated rings. The Morgan fingerprint density at radius 1 is 1.30 bits per heavy atom. The van der Waals surface area contributed by atoms with Gasteiger partial charge in [-0.15, -0.1) is 0 Å². The molecule has 2 N–H and O–H groups in total. The predicted molar refractivity (Wildman–Crippen MR) is 97.1 cm³/mol. The van der Waals surface area contributed by atoms with E-state index in [9.17, 15) is 14.4 Å².